The third-order valence-electron chi connectivity index (χ3n) is 4.42. The van der Waals surface area contributed by atoms with Gasteiger partial charge in [0.2, 0.25) is 10.0 Å². The van der Waals surface area contributed by atoms with Crippen LogP contribution in [-0.4, -0.2) is 41.6 Å². The maximum Gasteiger partial charge on any atom is 0.246 e. The lowest BCUT2D eigenvalue weighted by Gasteiger charge is -2.39. The molecule has 1 fully saturated rings. The van der Waals surface area contributed by atoms with Crippen molar-refractivity contribution in [3.8, 4) is 0 Å². The van der Waals surface area contributed by atoms with Crippen molar-refractivity contribution in [2.75, 3.05) is 13.6 Å². The second kappa shape index (κ2) is 5.83. The summed E-state index contributed by atoms with van der Waals surface area (Å²) in [6.07, 6.45) is 8.97. The van der Waals surface area contributed by atoms with Crippen molar-refractivity contribution in [3.63, 3.8) is 0 Å². The minimum atomic E-state index is -3.53. The Kier molecular flexibility index (Phi) is 4.51. The van der Waals surface area contributed by atoms with Crippen molar-refractivity contribution in [1.29, 1.82) is 0 Å². The van der Waals surface area contributed by atoms with Crippen LogP contribution in [0.25, 0.3) is 0 Å². The van der Waals surface area contributed by atoms with Crippen LogP contribution in [0, 0.1) is 0 Å². The molecule has 0 saturated heterocycles. The summed E-state index contributed by atoms with van der Waals surface area (Å²) in [6.45, 7) is 0.364. The van der Waals surface area contributed by atoms with Crippen LogP contribution in [0.2, 0.25) is 0 Å². The Morgan fingerprint density at radius 3 is 2.40 bits per heavy atom. The highest BCUT2D eigenvalue weighted by molar-refractivity contribution is 7.89. The maximum atomic E-state index is 12.7. The lowest BCUT2D eigenvalue weighted by atomic mass is 9.90. The fourth-order valence-corrected chi connectivity index (χ4v) is 4.53. The molecule has 0 amide bonds. The van der Waals surface area contributed by atoms with Crippen LogP contribution in [0.3, 0.4) is 0 Å². The molecule has 20 heavy (non-hydrogen) atoms. The van der Waals surface area contributed by atoms with Crippen molar-refractivity contribution in [1.82, 2.24) is 14.1 Å². The molecular weight excluding hydrogens is 276 g/mol. The molecule has 0 aliphatic heterocycles. The molecule has 1 aliphatic carbocycles. The van der Waals surface area contributed by atoms with Crippen LogP contribution in [0.4, 0.5) is 0 Å². The van der Waals surface area contributed by atoms with Gasteiger partial charge in [-0.1, -0.05) is 25.7 Å². The van der Waals surface area contributed by atoms with Crippen LogP contribution >= 0.6 is 0 Å². The molecular formula is C13H24N4O2S. The topological polar surface area (TPSA) is 81.2 Å². The molecule has 0 atom stereocenters. The van der Waals surface area contributed by atoms with Gasteiger partial charge in [-0.25, -0.2) is 8.42 Å². The largest absolute Gasteiger partial charge is 0.329 e. The third kappa shape index (κ3) is 2.75. The van der Waals surface area contributed by atoms with Gasteiger partial charge in [-0.05, 0) is 12.8 Å². The summed E-state index contributed by atoms with van der Waals surface area (Å²) < 4.78 is 28.5. The zero-order chi connectivity index (χ0) is 14.8. The van der Waals surface area contributed by atoms with Gasteiger partial charge in [0.15, 0.2) is 0 Å². The molecule has 1 heterocycles. The maximum absolute atomic E-state index is 12.7. The van der Waals surface area contributed by atoms with E-state index in [-0.39, 0.29) is 4.90 Å². The average Bonchev–Trinajstić information content (AvgIpc) is 2.74. The van der Waals surface area contributed by atoms with Crippen LogP contribution in [0.5, 0.6) is 0 Å². The van der Waals surface area contributed by atoms with E-state index < -0.39 is 15.6 Å². The first-order valence-corrected chi connectivity index (χ1v) is 8.54. The number of nitrogens with zero attached hydrogens (tertiary/aromatic N) is 3. The van der Waals surface area contributed by atoms with Gasteiger partial charge in [-0.2, -0.15) is 9.40 Å². The lowest BCUT2D eigenvalue weighted by Crippen LogP contribution is -2.54. The second-order valence-electron chi connectivity index (χ2n) is 5.66. The van der Waals surface area contributed by atoms with Gasteiger partial charge in [0.05, 0.1) is 6.20 Å². The first kappa shape index (κ1) is 15.5. The van der Waals surface area contributed by atoms with Gasteiger partial charge in [0.1, 0.15) is 4.90 Å². The van der Waals surface area contributed by atoms with Crippen LogP contribution in [0.1, 0.15) is 38.5 Å². The van der Waals surface area contributed by atoms with E-state index in [0.29, 0.717) is 6.54 Å². The molecule has 7 heteroatoms. The van der Waals surface area contributed by atoms with E-state index in [1.165, 1.54) is 21.4 Å². The predicted octanol–water partition coefficient (Wildman–Crippen LogP) is 1.09. The van der Waals surface area contributed by atoms with E-state index in [2.05, 4.69) is 5.10 Å². The highest BCUT2D eigenvalue weighted by Gasteiger charge is 2.41. The summed E-state index contributed by atoms with van der Waals surface area (Å²) in [7, 11) is -0.170. The van der Waals surface area contributed by atoms with Gasteiger partial charge >= 0.3 is 0 Å². The smallest absolute Gasteiger partial charge is 0.246 e. The van der Waals surface area contributed by atoms with E-state index in [4.69, 9.17) is 5.73 Å². The van der Waals surface area contributed by atoms with E-state index in [0.717, 1.165) is 38.5 Å². The van der Waals surface area contributed by atoms with Gasteiger partial charge in [-0.15, -0.1) is 0 Å². The summed E-state index contributed by atoms with van der Waals surface area (Å²) in [6, 6.07) is 0. The summed E-state index contributed by atoms with van der Waals surface area (Å²) in [5.41, 5.74) is 5.51. The Morgan fingerprint density at radius 1 is 1.35 bits per heavy atom. The van der Waals surface area contributed by atoms with Crippen molar-refractivity contribution in [2.24, 2.45) is 12.8 Å². The molecule has 0 bridgehead atoms. The third-order valence-corrected chi connectivity index (χ3v) is 6.34. The van der Waals surface area contributed by atoms with Gasteiger partial charge in [0.25, 0.3) is 0 Å². The predicted molar refractivity (Wildman–Crippen MR) is 77.6 cm³/mol. The first-order chi connectivity index (χ1) is 9.42. The standard InChI is InChI=1S/C13H24N4O2S/c1-16-10-12(9-15-16)20(18,19)17(2)13(11-14)7-5-3-4-6-8-13/h9-10H,3-8,11,14H2,1-2H3. The highest BCUT2D eigenvalue weighted by Crippen LogP contribution is 2.34. The van der Waals surface area contributed by atoms with Gasteiger partial charge in [0, 0.05) is 32.4 Å². The van der Waals surface area contributed by atoms with Crippen molar-refractivity contribution in [2.45, 2.75) is 49.0 Å². The summed E-state index contributed by atoms with van der Waals surface area (Å²) >= 11 is 0. The number of hydrogen-bond donors (Lipinski definition) is 1. The Hall–Kier alpha value is -0.920. The number of nitrogens with two attached hydrogens (primary N) is 1. The number of hydrogen-bond acceptors (Lipinski definition) is 4. The number of sulfonamides is 1. The Bertz CT molecular complexity index is 544. The van der Waals surface area contributed by atoms with Crippen LogP contribution in [0.15, 0.2) is 17.3 Å². The molecule has 0 unspecified atom stereocenters. The van der Waals surface area contributed by atoms with Crippen molar-refractivity contribution in [3.05, 3.63) is 12.4 Å². The normalized spacial score (nSPS) is 20.0. The second-order valence-corrected chi connectivity index (χ2v) is 7.63. The van der Waals surface area contributed by atoms with E-state index in [1.807, 2.05) is 0 Å². The molecule has 1 aromatic heterocycles. The molecule has 0 aromatic carbocycles. The van der Waals surface area contributed by atoms with E-state index in [1.54, 1.807) is 14.1 Å². The van der Waals surface area contributed by atoms with E-state index >= 15 is 0 Å². The first-order valence-electron chi connectivity index (χ1n) is 7.10. The molecule has 6 nitrogen and oxygen atoms in total. The molecule has 114 valence electrons. The minimum Gasteiger partial charge on any atom is -0.329 e. The van der Waals surface area contributed by atoms with Gasteiger partial charge in [-0.3, -0.25) is 4.68 Å². The lowest BCUT2D eigenvalue weighted by molar-refractivity contribution is 0.196. The fraction of sp³-hybridized carbons (Fsp3) is 0.769. The number of likely N-dealkylation sites (N-methyl/N-ethyl adjacent to an activating group) is 1. The Morgan fingerprint density at radius 2 is 1.95 bits per heavy atom. The molecule has 2 N–H and O–H groups in total. The zero-order valence-corrected chi connectivity index (χ0v) is 13.1. The highest BCUT2D eigenvalue weighted by atomic mass is 32.2. The van der Waals surface area contributed by atoms with E-state index in [9.17, 15) is 8.42 Å². The number of aromatic nitrogens is 2. The van der Waals surface area contributed by atoms with Crippen molar-refractivity contribution < 1.29 is 8.42 Å². The summed E-state index contributed by atoms with van der Waals surface area (Å²) in [4.78, 5) is 0.236. The zero-order valence-electron chi connectivity index (χ0n) is 12.2. The average molecular weight is 300 g/mol. The fourth-order valence-electron chi connectivity index (χ4n) is 2.98. The van der Waals surface area contributed by atoms with Crippen LogP contribution in [-0.2, 0) is 17.1 Å². The summed E-state index contributed by atoms with van der Waals surface area (Å²) in [5, 5.41) is 3.96. The quantitative estimate of drug-likeness (QED) is 0.844. The Balaban J connectivity index is 2.34. The van der Waals surface area contributed by atoms with Crippen molar-refractivity contribution >= 4 is 10.0 Å². The monoisotopic (exact) mass is 300 g/mol. The van der Waals surface area contributed by atoms with Crippen LogP contribution < -0.4 is 5.73 Å². The SMILES string of the molecule is CN(C1(CN)CCCCCC1)S(=O)(=O)c1cnn(C)c1. The summed E-state index contributed by atoms with van der Waals surface area (Å²) in [5.74, 6) is 0. The molecule has 1 aromatic rings. The number of aryl methyl sites for hydroxylation is 1. The minimum absolute atomic E-state index is 0.236. The number of rotatable bonds is 4. The molecule has 0 spiro atoms. The molecule has 2 rings (SSSR count). The molecule has 1 aliphatic rings. The van der Waals surface area contributed by atoms with Gasteiger partial charge < -0.3 is 5.73 Å². The Labute approximate surface area is 121 Å². The molecule has 1 saturated carbocycles. The molecule has 0 radical (unpaired) electrons.